The van der Waals surface area contributed by atoms with Gasteiger partial charge in [-0.3, -0.25) is 4.79 Å². The second-order valence-corrected chi connectivity index (χ2v) is 4.81. The number of carbonyl (C=O) groups is 1. The van der Waals surface area contributed by atoms with Crippen molar-refractivity contribution >= 4 is 28.4 Å². The van der Waals surface area contributed by atoms with Crippen molar-refractivity contribution in [2.45, 2.75) is 0 Å². The van der Waals surface area contributed by atoms with Gasteiger partial charge in [-0.25, -0.2) is 13.2 Å². The summed E-state index contributed by atoms with van der Waals surface area (Å²) in [5.41, 5.74) is -0.247. The van der Waals surface area contributed by atoms with Gasteiger partial charge < -0.3 is 0 Å². The minimum atomic E-state index is -1.63. The smallest absolute Gasteiger partial charge is 0.196 e. The summed E-state index contributed by atoms with van der Waals surface area (Å²) in [6.07, 6.45) is 0. The van der Waals surface area contributed by atoms with Crippen LogP contribution in [0.4, 0.5) is 13.2 Å². The molecule has 2 rings (SSSR count). The molecule has 0 unspecified atom stereocenters. The van der Waals surface area contributed by atoms with Crippen LogP contribution in [0.5, 0.6) is 0 Å². The molecule has 0 atom stereocenters. The van der Waals surface area contributed by atoms with Crippen LogP contribution < -0.4 is 0 Å². The van der Waals surface area contributed by atoms with Gasteiger partial charge in [0.1, 0.15) is 0 Å². The Hall–Kier alpha value is -1.37. The van der Waals surface area contributed by atoms with Crippen molar-refractivity contribution in [2.24, 2.45) is 0 Å². The second-order valence-electron chi connectivity index (χ2n) is 3.56. The van der Waals surface area contributed by atoms with Gasteiger partial charge in [0, 0.05) is 9.13 Å². The molecule has 2 aromatic carbocycles. The summed E-state index contributed by atoms with van der Waals surface area (Å²) >= 11 is 2.00. The Morgan fingerprint density at radius 2 is 1.72 bits per heavy atom. The minimum Gasteiger partial charge on any atom is -0.288 e. The molecule has 0 N–H and O–H groups in total. The van der Waals surface area contributed by atoms with E-state index in [9.17, 15) is 18.0 Å². The van der Waals surface area contributed by atoms with Crippen LogP contribution in [-0.2, 0) is 0 Å². The van der Waals surface area contributed by atoms with Crippen LogP contribution in [-0.4, -0.2) is 5.78 Å². The number of ketones is 1. The molecule has 0 bridgehead atoms. The Bertz CT molecular complexity index is 626. The molecule has 18 heavy (non-hydrogen) atoms. The van der Waals surface area contributed by atoms with Crippen molar-refractivity contribution in [2.75, 3.05) is 0 Å². The van der Waals surface area contributed by atoms with Gasteiger partial charge in [0.05, 0.1) is 5.56 Å². The molecule has 0 saturated heterocycles. The van der Waals surface area contributed by atoms with Gasteiger partial charge in [-0.2, -0.15) is 0 Å². The van der Waals surface area contributed by atoms with Gasteiger partial charge in [-0.1, -0.05) is 12.1 Å². The predicted molar refractivity (Wildman–Crippen MR) is 68.9 cm³/mol. The molecule has 0 heterocycles. The summed E-state index contributed by atoms with van der Waals surface area (Å²) < 4.78 is 40.1. The first-order valence-corrected chi connectivity index (χ1v) is 6.02. The summed E-state index contributed by atoms with van der Waals surface area (Å²) in [5, 5.41) is 0. The molecule has 0 saturated carbocycles. The van der Waals surface area contributed by atoms with Gasteiger partial charge in [0.25, 0.3) is 0 Å². The molecular formula is C13H6F3IO. The zero-order valence-electron chi connectivity index (χ0n) is 8.88. The lowest BCUT2D eigenvalue weighted by atomic mass is 10.0. The summed E-state index contributed by atoms with van der Waals surface area (Å²) in [5.74, 6) is -5.08. The summed E-state index contributed by atoms with van der Waals surface area (Å²) in [7, 11) is 0. The number of rotatable bonds is 2. The van der Waals surface area contributed by atoms with Crippen molar-refractivity contribution in [1.29, 1.82) is 0 Å². The van der Waals surface area contributed by atoms with Gasteiger partial charge in [-0.05, 0) is 46.9 Å². The van der Waals surface area contributed by atoms with E-state index in [0.717, 1.165) is 15.7 Å². The quantitative estimate of drug-likeness (QED) is 0.450. The highest BCUT2D eigenvalue weighted by atomic mass is 127. The molecule has 0 fully saturated rings. The average molecular weight is 362 g/mol. The van der Waals surface area contributed by atoms with Crippen molar-refractivity contribution in [1.82, 2.24) is 0 Å². The first kappa shape index (κ1) is 13.1. The molecule has 1 nitrogen and oxygen atoms in total. The van der Waals surface area contributed by atoms with Crippen LogP contribution in [0, 0.1) is 21.0 Å². The monoisotopic (exact) mass is 362 g/mol. The van der Waals surface area contributed by atoms with Crippen LogP contribution in [0.15, 0.2) is 36.4 Å². The Kier molecular flexibility index (Phi) is 3.70. The highest BCUT2D eigenvalue weighted by molar-refractivity contribution is 14.1. The highest BCUT2D eigenvalue weighted by Gasteiger charge is 2.19. The third-order valence-corrected chi connectivity index (χ3v) is 3.04. The van der Waals surface area contributed by atoms with Crippen LogP contribution in [0.3, 0.4) is 0 Å². The van der Waals surface area contributed by atoms with E-state index in [-0.39, 0.29) is 5.56 Å². The summed E-state index contributed by atoms with van der Waals surface area (Å²) in [6.45, 7) is 0. The summed E-state index contributed by atoms with van der Waals surface area (Å²) in [6, 6.07) is 8.11. The van der Waals surface area contributed by atoms with Gasteiger partial charge in [0.15, 0.2) is 23.2 Å². The third kappa shape index (κ3) is 2.40. The number of benzene rings is 2. The molecule has 0 radical (unpaired) electrons. The lowest BCUT2D eigenvalue weighted by Crippen LogP contribution is -2.07. The predicted octanol–water partition coefficient (Wildman–Crippen LogP) is 3.94. The Morgan fingerprint density at radius 3 is 2.39 bits per heavy atom. The first-order valence-electron chi connectivity index (χ1n) is 4.94. The van der Waals surface area contributed by atoms with E-state index in [2.05, 4.69) is 0 Å². The van der Waals surface area contributed by atoms with Crippen molar-refractivity contribution in [3.63, 3.8) is 0 Å². The SMILES string of the molecule is O=C(c1cccc(I)c1)c1ccc(F)c(F)c1F. The third-order valence-electron chi connectivity index (χ3n) is 2.37. The molecule has 0 amide bonds. The fourth-order valence-corrected chi connectivity index (χ4v) is 2.03. The zero-order valence-corrected chi connectivity index (χ0v) is 11.0. The van der Waals surface area contributed by atoms with Crippen LogP contribution in [0.2, 0.25) is 0 Å². The standard InChI is InChI=1S/C13H6F3IO/c14-10-5-4-9(11(15)12(10)16)13(18)7-2-1-3-8(17)6-7/h1-6H. The average Bonchev–Trinajstić information content (AvgIpc) is 2.35. The second kappa shape index (κ2) is 5.09. The van der Waals surface area contributed by atoms with E-state index in [1.54, 1.807) is 18.2 Å². The van der Waals surface area contributed by atoms with E-state index in [0.29, 0.717) is 0 Å². The lowest BCUT2D eigenvalue weighted by Gasteiger charge is -2.04. The van der Waals surface area contributed by atoms with Crippen molar-refractivity contribution in [3.05, 3.63) is 68.5 Å². The molecule has 0 spiro atoms. The molecule has 0 aliphatic rings. The molecule has 2 aromatic rings. The fourth-order valence-electron chi connectivity index (χ4n) is 1.49. The Balaban J connectivity index is 2.50. The van der Waals surface area contributed by atoms with Crippen LogP contribution in [0.25, 0.3) is 0 Å². The molecule has 0 aliphatic carbocycles. The summed E-state index contributed by atoms with van der Waals surface area (Å²) in [4.78, 5) is 12.0. The Morgan fingerprint density at radius 1 is 1.00 bits per heavy atom. The van der Waals surface area contributed by atoms with Crippen molar-refractivity contribution in [3.8, 4) is 0 Å². The number of carbonyl (C=O) groups excluding carboxylic acids is 1. The van der Waals surface area contributed by atoms with Crippen molar-refractivity contribution < 1.29 is 18.0 Å². The number of halogens is 4. The number of hydrogen-bond acceptors (Lipinski definition) is 1. The topological polar surface area (TPSA) is 17.1 Å². The van der Waals surface area contributed by atoms with Crippen LogP contribution in [0.1, 0.15) is 15.9 Å². The molecule has 0 aliphatic heterocycles. The normalized spacial score (nSPS) is 10.4. The van der Waals surface area contributed by atoms with E-state index >= 15 is 0 Å². The maximum absolute atomic E-state index is 13.5. The maximum atomic E-state index is 13.5. The van der Waals surface area contributed by atoms with Gasteiger partial charge >= 0.3 is 0 Å². The Labute approximate surface area is 115 Å². The molecule has 5 heteroatoms. The highest BCUT2D eigenvalue weighted by Crippen LogP contribution is 2.19. The maximum Gasteiger partial charge on any atom is 0.196 e. The van der Waals surface area contributed by atoms with E-state index in [1.165, 1.54) is 6.07 Å². The molecule has 92 valence electrons. The van der Waals surface area contributed by atoms with E-state index in [1.807, 2.05) is 22.6 Å². The van der Waals surface area contributed by atoms with Crippen LogP contribution >= 0.6 is 22.6 Å². The minimum absolute atomic E-state index is 0.229. The van der Waals surface area contributed by atoms with Gasteiger partial charge in [0.2, 0.25) is 0 Å². The fraction of sp³-hybridized carbons (Fsp3) is 0. The lowest BCUT2D eigenvalue weighted by molar-refractivity contribution is 0.103. The number of hydrogen-bond donors (Lipinski definition) is 0. The largest absolute Gasteiger partial charge is 0.288 e. The first-order chi connectivity index (χ1) is 8.50. The van der Waals surface area contributed by atoms with E-state index < -0.39 is 28.8 Å². The molecule has 0 aromatic heterocycles. The zero-order chi connectivity index (χ0) is 13.3. The molecular weight excluding hydrogens is 356 g/mol. The van der Waals surface area contributed by atoms with Gasteiger partial charge in [-0.15, -0.1) is 0 Å². The van der Waals surface area contributed by atoms with E-state index in [4.69, 9.17) is 0 Å².